The Bertz CT molecular complexity index is 1020. The number of halogens is 1. The molecule has 0 aromatic carbocycles. The number of rotatable bonds is 4. The van der Waals surface area contributed by atoms with Crippen LogP contribution in [-0.4, -0.2) is 57.0 Å². The standard InChI is InChI=1S/C28H40ClNO6S/c1-7-9-19-25(33)16(2)10-8-11-28(6)23(36-28)13-21(20(29)12-18-15-37-17(3)30-18)35-24(32)14-22(31)27(4,5)26(19)34/h7,12,15-16,19,21-23,25,31,33H,1,8-11,13-14H2,2-6H3/b20-12-/t16-,19+,21-,22-,23-,25-,28+/m0/s1. The van der Waals surface area contributed by atoms with Crippen molar-refractivity contribution in [1.29, 1.82) is 0 Å². The second kappa shape index (κ2) is 12.1. The lowest BCUT2D eigenvalue weighted by molar-refractivity contribution is -0.154. The van der Waals surface area contributed by atoms with Crippen LogP contribution in [0.4, 0.5) is 0 Å². The van der Waals surface area contributed by atoms with Gasteiger partial charge in [-0.05, 0) is 45.1 Å². The number of aliphatic hydroxyl groups is 2. The van der Waals surface area contributed by atoms with Crippen LogP contribution in [0.3, 0.4) is 0 Å². The number of hydrogen-bond donors (Lipinski definition) is 2. The van der Waals surface area contributed by atoms with E-state index >= 15 is 0 Å². The predicted octanol–water partition coefficient (Wildman–Crippen LogP) is 5.21. The summed E-state index contributed by atoms with van der Waals surface area (Å²) in [5.41, 5.74) is -0.975. The molecule has 0 amide bonds. The monoisotopic (exact) mass is 553 g/mol. The summed E-state index contributed by atoms with van der Waals surface area (Å²) in [6.45, 7) is 12.8. The number of cyclic esters (lactones) is 1. The van der Waals surface area contributed by atoms with Crippen molar-refractivity contribution in [1.82, 2.24) is 4.98 Å². The van der Waals surface area contributed by atoms with Crippen LogP contribution in [0.5, 0.6) is 0 Å². The first-order valence-electron chi connectivity index (χ1n) is 13.0. The van der Waals surface area contributed by atoms with Crippen molar-refractivity contribution in [3.8, 4) is 0 Å². The molecule has 0 radical (unpaired) electrons. The lowest BCUT2D eigenvalue weighted by Gasteiger charge is -2.35. The Kier molecular flexibility index (Phi) is 9.78. The number of thiazole rings is 1. The molecule has 0 aliphatic carbocycles. The maximum absolute atomic E-state index is 13.5. The Morgan fingerprint density at radius 2 is 2.03 bits per heavy atom. The second-order valence-corrected chi connectivity index (χ2v) is 12.7. The molecule has 1 aromatic rings. The van der Waals surface area contributed by atoms with Crippen LogP contribution in [0, 0.1) is 24.2 Å². The summed E-state index contributed by atoms with van der Waals surface area (Å²) in [6.07, 6.45) is 2.77. The maximum Gasteiger partial charge on any atom is 0.309 e. The Labute approximate surface area is 228 Å². The number of ketones is 1. The molecule has 37 heavy (non-hydrogen) atoms. The molecule has 7 atom stereocenters. The molecule has 3 heterocycles. The number of aromatic nitrogens is 1. The van der Waals surface area contributed by atoms with Crippen molar-refractivity contribution in [3.05, 3.63) is 33.8 Å². The number of aliphatic hydroxyl groups excluding tert-OH is 2. The summed E-state index contributed by atoms with van der Waals surface area (Å²) in [6, 6.07) is 0. The molecule has 3 rings (SSSR count). The normalized spacial score (nSPS) is 35.9. The predicted molar refractivity (Wildman–Crippen MR) is 145 cm³/mol. The Balaban J connectivity index is 1.88. The third-order valence-electron chi connectivity index (χ3n) is 7.88. The molecule has 0 saturated carbocycles. The first kappa shape index (κ1) is 30.0. The van der Waals surface area contributed by atoms with Gasteiger partial charge in [0, 0.05) is 17.7 Å². The SMILES string of the molecule is C=CC[C@H]1C(=O)C(C)(C)[C@@H](O)CC(=O)O[C@H](/C(Cl)=C/c2csc(C)n2)C[C@@H]2O[C@]2(C)CCC[C@H](C)[C@@H]1O. The molecule has 2 fully saturated rings. The van der Waals surface area contributed by atoms with Crippen LogP contribution in [0.1, 0.15) is 76.9 Å². The number of epoxide rings is 1. The van der Waals surface area contributed by atoms with E-state index in [4.69, 9.17) is 21.1 Å². The lowest BCUT2D eigenvalue weighted by Crippen LogP contribution is -2.46. The summed E-state index contributed by atoms with van der Waals surface area (Å²) in [5.74, 6) is -1.83. The number of Topliss-reactive ketones (excluding diaryl/α,β-unsaturated/α-hetero) is 1. The minimum absolute atomic E-state index is 0.132. The summed E-state index contributed by atoms with van der Waals surface area (Å²) >= 11 is 8.14. The fourth-order valence-electron chi connectivity index (χ4n) is 5.09. The summed E-state index contributed by atoms with van der Waals surface area (Å²) in [7, 11) is 0. The molecule has 0 unspecified atom stereocenters. The quantitative estimate of drug-likeness (QED) is 0.299. The zero-order chi connectivity index (χ0) is 27.5. The van der Waals surface area contributed by atoms with Gasteiger partial charge in [0.1, 0.15) is 11.9 Å². The Morgan fingerprint density at radius 3 is 2.65 bits per heavy atom. The van der Waals surface area contributed by atoms with Crippen molar-refractivity contribution in [2.24, 2.45) is 17.3 Å². The molecular weight excluding hydrogens is 514 g/mol. The first-order valence-corrected chi connectivity index (χ1v) is 14.2. The van der Waals surface area contributed by atoms with Gasteiger partial charge in [0.05, 0.1) is 51.5 Å². The molecular formula is C28H40ClNO6S. The molecule has 2 aliphatic heterocycles. The molecule has 2 saturated heterocycles. The van der Waals surface area contributed by atoms with Gasteiger partial charge < -0.3 is 19.7 Å². The summed E-state index contributed by atoms with van der Waals surface area (Å²) < 4.78 is 11.8. The van der Waals surface area contributed by atoms with E-state index in [1.54, 1.807) is 26.0 Å². The van der Waals surface area contributed by atoms with E-state index in [-0.39, 0.29) is 36.2 Å². The molecule has 1 aromatic heterocycles. The van der Waals surface area contributed by atoms with Crippen molar-refractivity contribution >= 4 is 40.8 Å². The molecule has 2 aliphatic rings. The maximum atomic E-state index is 13.5. The highest BCUT2D eigenvalue weighted by atomic mass is 35.5. The summed E-state index contributed by atoms with van der Waals surface area (Å²) in [4.78, 5) is 30.9. The average molecular weight is 554 g/mol. The van der Waals surface area contributed by atoms with Gasteiger partial charge >= 0.3 is 5.97 Å². The minimum Gasteiger partial charge on any atom is -0.456 e. The molecule has 0 spiro atoms. The van der Waals surface area contributed by atoms with Gasteiger partial charge in [0.15, 0.2) is 0 Å². The number of nitrogens with zero attached hydrogens (tertiary/aromatic N) is 1. The van der Waals surface area contributed by atoms with E-state index in [9.17, 15) is 19.8 Å². The number of aryl methyl sites for hydroxylation is 1. The minimum atomic E-state index is -1.30. The molecule has 9 heteroatoms. The van der Waals surface area contributed by atoms with Crippen molar-refractivity contribution in [2.75, 3.05) is 0 Å². The second-order valence-electron chi connectivity index (χ2n) is 11.3. The Hall–Kier alpha value is -1.58. The highest BCUT2D eigenvalue weighted by Crippen LogP contribution is 2.45. The van der Waals surface area contributed by atoms with E-state index in [0.717, 1.165) is 24.3 Å². The number of carbonyl (C=O) groups excluding carboxylic acids is 2. The van der Waals surface area contributed by atoms with Crippen LogP contribution in [-0.2, 0) is 19.1 Å². The fraction of sp³-hybridized carbons (Fsp3) is 0.679. The lowest BCUT2D eigenvalue weighted by atomic mass is 9.71. The largest absolute Gasteiger partial charge is 0.456 e. The van der Waals surface area contributed by atoms with E-state index in [2.05, 4.69) is 11.6 Å². The topological polar surface area (TPSA) is 109 Å². The zero-order valence-electron chi connectivity index (χ0n) is 22.4. The van der Waals surface area contributed by atoms with E-state index in [1.165, 1.54) is 11.3 Å². The van der Waals surface area contributed by atoms with E-state index in [0.29, 0.717) is 17.1 Å². The van der Waals surface area contributed by atoms with Crippen LogP contribution < -0.4 is 0 Å². The molecule has 7 nitrogen and oxygen atoms in total. The number of carbonyl (C=O) groups is 2. The van der Waals surface area contributed by atoms with Gasteiger partial charge in [-0.2, -0.15) is 0 Å². The zero-order valence-corrected chi connectivity index (χ0v) is 24.0. The number of allylic oxidation sites excluding steroid dienone is 1. The molecule has 0 bridgehead atoms. The number of esters is 1. The number of fused-ring (bicyclic) bond motifs is 1. The molecule has 2 N–H and O–H groups in total. The Morgan fingerprint density at radius 1 is 1.32 bits per heavy atom. The van der Waals surface area contributed by atoms with Crippen molar-refractivity contribution in [2.45, 2.75) is 103 Å². The van der Waals surface area contributed by atoms with Gasteiger partial charge in [0.25, 0.3) is 0 Å². The van der Waals surface area contributed by atoms with Gasteiger partial charge in [-0.25, -0.2) is 4.98 Å². The third-order valence-corrected chi connectivity index (χ3v) is 9.02. The van der Waals surface area contributed by atoms with Gasteiger partial charge in [-0.15, -0.1) is 17.9 Å². The summed E-state index contributed by atoms with van der Waals surface area (Å²) in [5, 5.41) is 25.2. The van der Waals surface area contributed by atoms with Crippen molar-refractivity contribution in [3.63, 3.8) is 0 Å². The van der Waals surface area contributed by atoms with Crippen LogP contribution >= 0.6 is 22.9 Å². The van der Waals surface area contributed by atoms with Gasteiger partial charge in [0.2, 0.25) is 0 Å². The number of hydrogen-bond acceptors (Lipinski definition) is 8. The molecule has 206 valence electrons. The van der Waals surface area contributed by atoms with Crippen LogP contribution in [0.15, 0.2) is 23.1 Å². The van der Waals surface area contributed by atoms with Crippen molar-refractivity contribution < 1.29 is 29.3 Å². The number of ether oxygens (including phenoxy) is 2. The third kappa shape index (κ3) is 7.30. The van der Waals surface area contributed by atoms with E-state index in [1.807, 2.05) is 26.2 Å². The fourth-order valence-corrected chi connectivity index (χ4v) is 5.90. The smallest absolute Gasteiger partial charge is 0.309 e. The first-order chi connectivity index (χ1) is 17.3. The van der Waals surface area contributed by atoms with Gasteiger partial charge in [-0.1, -0.05) is 44.9 Å². The van der Waals surface area contributed by atoms with E-state index < -0.39 is 35.6 Å². The highest BCUT2D eigenvalue weighted by molar-refractivity contribution is 7.09. The van der Waals surface area contributed by atoms with Gasteiger partial charge in [-0.3, -0.25) is 9.59 Å². The highest BCUT2D eigenvalue weighted by Gasteiger charge is 2.53. The average Bonchev–Trinajstić information content (AvgIpc) is 3.27. The van der Waals surface area contributed by atoms with Crippen LogP contribution in [0.2, 0.25) is 0 Å². The van der Waals surface area contributed by atoms with Crippen LogP contribution in [0.25, 0.3) is 6.08 Å².